The van der Waals surface area contributed by atoms with E-state index < -0.39 is 34.5 Å². The minimum atomic E-state index is -3.77. The van der Waals surface area contributed by atoms with Gasteiger partial charge in [0.15, 0.2) is 6.61 Å². The Hall–Kier alpha value is -3.23. The fourth-order valence-electron chi connectivity index (χ4n) is 2.84. The number of carbonyl (C=O) groups is 2. The summed E-state index contributed by atoms with van der Waals surface area (Å²) in [7, 11) is -3.77. The van der Waals surface area contributed by atoms with Crippen LogP contribution in [0.15, 0.2) is 71.6 Å². The topological polar surface area (TPSA) is 116 Å². The van der Waals surface area contributed by atoms with Crippen LogP contribution in [-0.4, -0.2) is 26.9 Å². The lowest BCUT2D eigenvalue weighted by atomic mass is 10.1. The van der Waals surface area contributed by atoms with Crippen molar-refractivity contribution in [2.45, 2.75) is 17.9 Å². The Balaban J connectivity index is 1.56. The molecule has 0 aromatic heterocycles. The fraction of sp³-hybridized carbons (Fsp3) is 0.143. The van der Waals surface area contributed by atoms with Gasteiger partial charge in [-0.2, -0.15) is 0 Å². The predicted octanol–water partition coefficient (Wildman–Crippen LogP) is 2.52. The van der Waals surface area contributed by atoms with Crippen LogP contribution in [0.25, 0.3) is 10.8 Å². The molecule has 0 bridgehead atoms. The van der Waals surface area contributed by atoms with Gasteiger partial charge in [-0.05, 0) is 47.5 Å². The average molecular weight is 412 g/mol. The molecule has 0 aliphatic rings. The highest BCUT2D eigenvalue weighted by Gasteiger charge is 2.14. The number of nitrogens with one attached hydrogen (secondary N) is 1. The molecule has 7 nitrogen and oxygen atoms in total. The number of primary sulfonamides is 1. The number of hydrogen-bond donors (Lipinski definition) is 2. The van der Waals surface area contributed by atoms with Gasteiger partial charge in [-0.1, -0.05) is 42.5 Å². The number of benzene rings is 3. The Bertz CT molecular complexity index is 1160. The van der Waals surface area contributed by atoms with Crippen molar-refractivity contribution < 1.29 is 22.7 Å². The Morgan fingerprint density at radius 3 is 2.31 bits per heavy atom. The quantitative estimate of drug-likeness (QED) is 0.604. The second kappa shape index (κ2) is 8.42. The molecule has 0 fully saturated rings. The molecule has 3 N–H and O–H groups in total. The smallest absolute Gasteiger partial charge is 0.338 e. The molecule has 0 saturated heterocycles. The molecule has 1 atom stereocenters. The van der Waals surface area contributed by atoms with Crippen LogP contribution in [0.3, 0.4) is 0 Å². The molecule has 0 spiro atoms. The molecular weight excluding hydrogens is 392 g/mol. The molecule has 29 heavy (non-hydrogen) atoms. The minimum Gasteiger partial charge on any atom is -0.452 e. The summed E-state index contributed by atoms with van der Waals surface area (Å²) in [5, 5.41) is 9.67. The van der Waals surface area contributed by atoms with E-state index in [4.69, 9.17) is 9.88 Å². The number of rotatable bonds is 6. The molecule has 1 amide bonds. The van der Waals surface area contributed by atoms with Crippen molar-refractivity contribution in [2.24, 2.45) is 5.14 Å². The van der Waals surface area contributed by atoms with E-state index in [9.17, 15) is 18.0 Å². The number of amides is 1. The SMILES string of the molecule is C[C@@H](NC(=O)COC(=O)c1ccc2ccccc2c1)c1ccc(S(N)(=O)=O)cc1. The molecule has 0 saturated carbocycles. The van der Waals surface area contributed by atoms with Crippen LogP contribution < -0.4 is 10.5 Å². The number of sulfonamides is 1. The normalized spacial score (nSPS) is 12.3. The first-order valence-electron chi connectivity index (χ1n) is 8.82. The van der Waals surface area contributed by atoms with Crippen LogP contribution in [0.2, 0.25) is 0 Å². The van der Waals surface area contributed by atoms with Crippen LogP contribution in [0, 0.1) is 0 Å². The van der Waals surface area contributed by atoms with Gasteiger partial charge in [0.05, 0.1) is 16.5 Å². The first kappa shape index (κ1) is 20.5. The minimum absolute atomic E-state index is 0.0101. The zero-order valence-electron chi connectivity index (χ0n) is 15.7. The number of fused-ring (bicyclic) bond motifs is 1. The van der Waals surface area contributed by atoms with Crippen molar-refractivity contribution in [3.63, 3.8) is 0 Å². The highest BCUT2D eigenvalue weighted by molar-refractivity contribution is 7.89. The van der Waals surface area contributed by atoms with Crippen LogP contribution in [0.5, 0.6) is 0 Å². The van der Waals surface area contributed by atoms with E-state index in [1.165, 1.54) is 12.1 Å². The monoisotopic (exact) mass is 412 g/mol. The molecule has 0 heterocycles. The maximum atomic E-state index is 12.2. The number of nitrogens with two attached hydrogens (primary N) is 1. The zero-order valence-corrected chi connectivity index (χ0v) is 16.5. The Labute approximate surface area is 168 Å². The van der Waals surface area contributed by atoms with Crippen molar-refractivity contribution in [1.29, 1.82) is 0 Å². The van der Waals surface area contributed by atoms with Crippen LogP contribution in [0.4, 0.5) is 0 Å². The van der Waals surface area contributed by atoms with Gasteiger partial charge < -0.3 is 10.1 Å². The van der Waals surface area contributed by atoms with E-state index in [1.54, 1.807) is 31.2 Å². The number of carbonyl (C=O) groups excluding carboxylic acids is 2. The van der Waals surface area contributed by atoms with Gasteiger partial charge in [-0.25, -0.2) is 18.4 Å². The van der Waals surface area contributed by atoms with E-state index in [-0.39, 0.29) is 4.90 Å². The summed E-state index contributed by atoms with van der Waals surface area (Å²) in [5.74, 6) is -1.06. The van der Waals surface area contributed by atoms with Gasteiger partial charge in [0.25, 0.3) is 5.91 Å². The van der Waals surface area contributed by atoms with E-state index in [2.05, 4.69) is 5.32 Å². The average Bonchev–Trinajstić information content (AvgIpc) is 2.71. The second-order valence-electron chi connectivity index (χ2n) is 6.54. The van der Waals surface area contributed by atoms with E-state index in [0.29, 0.717) is 11.1 Å². The number of esters is 1. The van der Waals surface area contributed by atoms with Crippen LogP contribution >= 0.6 is 0 Å². The lowest BCUT2D eigenvalue weighted by Gasteiger charge is -2.15. The van der Waals surface area contributed by atoms with Gasteiger partial charge >= 0.3 is 5.97 Å². The van der Waals surface area contributed by atoms with Gasteiger partial charge in [0, 0.05) is 0 Å². The van der Waals surface area contributed by atoms with Gasteiger partial charge in [0.1, 0.15) is 0 Å². The highest BCUT2D eigenvalue weighted by Crippen LogP contribution is 2.17. The number of hydrogen-bond acceptors (Lipinski definition) is 5. The lowest BCUT2D eigenvalue weighted by molar-refractivity contribution is -0.124. The molecule has 0 radical (unpaired) electrons. The molecular formula is C21H20N2O5S. The summed E-state index contributed by atoms with van der Waals surface area (Å²) in [6, 6.07) is 18.3. The molecule has 3 aromatic carbocycles. The van der Waals surface area contributed by atoms with E-state index >= 15 is 0 Å². The van der Waals surface area contributed by atoms with E-state index in [0.717, 1.165) is 10.8 Å². The highest BCUT2D eigenvalue weighted by atomic mass is 32.2. The molecule has 3 rings (SSSR count). The van der Waals surface area contributed by atoms with Gasteiger partial charge in [-0.3, -0.25) is 4.79 Å². The third-order valence-electron chi connectivity index (χ3n) is 4.41. The summed E-state index contributed by atoms with van der Waals surface area (Å²) in [5.41, 5.74) is 1.05. The molecule has 0 aliphatic carbocycles. The first-order valence-corrected chi connectivity index (χ1v) is 10.4. The van der Waals surface area contributed by atoms with Crippen molar-refractivity contribution in [3.05, 3.63) is 77.9 Å². The van der Waals surface area contributed by atoms with Crippen LogP contribution in [0.1, 0.15) is 28.9 Å². The largest absolute Gasteiger partial charge is 0.452 e. The second-order valence-corrected chi connectivity index (χ2v) is 8.10. The summed E-state index contributed by atoms with van der Waals surface area (Å²) >= 11 is 0. The molecule has 150 valence electrons. The van der Waals surface area contributed by atoms with Crippen molar-refractivity contribution in [2.75, 3.05) is 6.61 Å². The molecule has 0 aliphatic heterocycles. The Morgan fingerprint density at radius 1 is 1.00 bits per heavy atom. The van der Waals surface area contributed by atoms with Gasteiger partial charge in [-0.15, -0.1) is 0 Å². The Morgan fingerprint density at radius 2 is 1.66 bits per heavy atom. The van der Waals surface area contributed by atoms with Gasteiger partial charge in [0.2, 0.25) is 10.0 Å². The fourth-order valence-corrected chi connectivity index (χ4v) is 3.36. The number of ether oxygens (including phenoxy) is 1. The Kier molecular flexibility index (Phi) is 5.95. The standard InChI is InChI=1S/C21H20N2O5S/c1-14(15-8-10-19(11-9-15)29(22,26)27)23-20(24)13-28-21(25)18-7-6-16-4-2-3-5-17(16)12-18/h2-12,14H,13H2,1H3,(H,23,24)(H2,22,26,27)/t14-/m1/s1. The summed E-state index contributed by atoms with van der Waals surface area (Å²) < 4.78 is 27.7. The molecule has 3 aromatic rings. The lowest BCUT2D eigenvalue weighted by Crippen LogP contribution is -2.31. The predicted molar refractivity (Wildman–Crippen MR) is 109 cm³/mol. The maximum absolute atomic E-state index is 12.2. The van der Waals surface area contributed by atoms with Crippen molar-refractivity contribution in [1.82, 2.24) is 5.32 Å². The summed E-state index contributed by atoms with van der Waals surface area (Å²) in [6.07, 6.45) is 0. The maximum Gasteiger partial charge on any atom is 0.338 e. The molecule has 0 unspecified atom stereocenters. The third kappa shape index (κ3) is 5.18. The van der Waals surface area contributed by atoms with Crippen molar-refractivity contribution >= 4 is 32.7 Å². The summed E-state index contributed by atoms with van der Waals surface area (Å²) in [6.45, 7) is 1.31. The third-order valence-corrected chi connectivity index (χ3v) is 5.33. The zero-order chi connectivity index (χ0) is 21.0. The van der Waals surface area contributed by atoms with Crippen molar-refractivity contribution in [3.8, 4) is 0 Å². The van der Waals surface area contributed by atoms with E-state index in [1.807, 2.05) is 30.3 Å². The van der Waals surface area contributed by atoms with Crippen LogP contribution in [-0.2, 0) is 19.6 Å². The summed E-state index contributed by atoms with van der Waals surface area (Å²) in [4.78, 5) is 24.3. The molecule has 8 heteroatoms. The first-order chi connectivity index (χ1) is 13.7.